The van der Waals surface area contributed by atoms with Gasteiger partial charge in [0.05, 0.1) is 22.8 Å². The van der Waals surface area contributed by atoms with E-state index >= 15 is 0 Å². The molecule has 5 heteroatoms. The van der Waals surface area contributed by atoms with Crippen LogP contribution in [-0.4, -0.2) is 10.9 Å². The number of aryl methyl sites for hydroxylation is 2. The molecule has 1 N–H and O–H groups in total. The number of nitrogens with one attached hydrogen (secondary N) is 1. The van der Waals surface area contributed by atoms with Crippen molar-refractivity contribution in [1.29, 1.82) is 0 Å². The van der Waals surface area contributed by atoms with E-state index in [0.29, 0.717) is 11.4 Å². The van der Waals surface area contributed by atoms with E-state index in [1.54, 1.807) is 11.3 Å². The summed E-state index contributed by atoms with van der Waals surface area (Å²) in [6.07, 6.45) is 0.253. The average Bonchev–Trinajstić information content (AvgIpc) is 2.96. The minimum atomic E-state index is -0.111. The molecule has 0 saturated heterocycles. The summed E-state index contributed by atoms with van der Waals surface area (Å²) in [6, 6.07) is 15.2. The van der Waals surface area contributed by atoms with E-state index in [1.807, 2.05) is 67.8 Å². The maximum atomic E-state index is 12.2. The molecule has 24 heavy (non-hydrogen) atoms. The molecule has 0 radical (unpaired) electrons. The van der Waals surface area contributed by atoms with E-state index in [1.165, 1.54) is 5.56 Å². The lowest BCUT2D eigenvalue weighted by Gasteiger charge is -2.12. The van der Waals surface area contributed by atoms with Crippen LogP contribution in [0.15, 0.2) is 53.9 Å². The molecule has 1 aromatic heterocycles. The second-order valence-corrected chi connectivity index (χ2v) is 6.56. The van der Waals surface area contributed by atoms with E-state index in [0.717, 1.165) is 16.5 Å². The van der Waals surface area contributed by atoms with Gasteiger partial charge in [0.15, 0.2) is 5.75 Å². The van der Waals surface area contributed by atoms with Crippen molar-refractivity contribution in [2.24, 2.45) is 0 Å². The molecule has 3 aromatic rings. The van der Waals surface area contributed by atoms with Crippen molar-refractivity contribution in [1.82, 2.24) is 4.98 Å². The zero-order chi connectivity index (χ0) is 16.9. The Hall–Kier alpha value is -2.66. The summed E-state index contributed by atoms with van der Waals surface area (Å²) < 4.78 is 5.89. The Balaban J connectivity index is 1.71. The van der Waals surface area contributed by atoms with Crippen molar-refractivity contribution in [3.63, 3.8) is 0 Å². The van der Waals surface area contributed by atoms with E-state index < -0.39 is 0 Å². The van der Waals surface area contributed by atoms with Gasteiger partial charge < -0.3 is 10.1 Å². The van der Waals surface area contributed by atoms with Gasteiger partial charge >= 0.3 is 0 Å². The smallest absolute Gasteiger partial charge is 0.230 e. The minimum absolute atomic E-state index is 0.111. The van der Waals surface area contributed by atoms with E-state index in [9.17, 15) is 4.79 Å². The summed E-state index contributed by atoms with van der Waals surface area (Å²) in [5.41, 5.74) is 2.60. The molecule has 0 unspecified atom stereocenters. The maximum absolute atomic E-state index is 12.2. The predicted octanol–water partition coefficient (Wildman–Crippen LogP) is 4.73. The SMILES string of the molecule is Cc1ccc(Oc2ccccc2NC(=O)Cc2csc(C)n2)cc1. The summed E-state index contributed by atoms with van der Waals surface area (Å²) in [5.74, 6) is 1.24. The van der Waals surface area contributed by atoms with E-state index in [-0.39, 0.29) is 12.3 Å². The van der Waals surface area contributed by atoms with E-state index in [4.69, 9.17) is 4.74 Å². The van der Waals surface area contributed by atoms with Crippen molar-refractivity contribution in [2.75, 3.05) is 5.32 Å². The first kappa shape index (κ1) is 16.2. The lowest BCUT2D eigenvalue weighted by Crippen LogP contribution is -2.15. The molecule has 0 aliphatic carbocycles. The molecule has 3 rings (SSSR count). The zero-order valence-corrected chi connectivity index (χ0v) is 14.4. The fourth-order valence-corrected chi connectivity index (χ4v) is 2.85. The van der Waals surface area contributed by atoms with Crippen LogP contribution < -0.4 is 10.1 Å². The Labute approximate surface area is 145 Å². The molecular formula is C19H18N2O2S. The third kappa shape index (κ3) is 4.20. The average molecular weight is 338 g/mol. The molecule has 1 amide bonds. The van der Waals surface area contributed by atoms with Gasteiger partial charge in [-0.3, -0.25) is 4.79 Å². The summed E-state index contributed by atoms with van der Waals surface area (Å²) in [4.78, 5) is 16.6. The number of ether oxygens (including phenoxy) is 1. The summed E-state index contributed by atoms with van der Waals surface area (Å²) in [6.45, 7) is 3.95. The van der Waals surface area contributed by atoms with Gasteiger partial charge in [0.2, 0.25) is 5.91 Å². The predicted molar refractivity (Wildman–Crippen MR) is 96.9 cm³/mol. The van der Waals surface area contributed by atoms with Gasteiger partial charge in [-0.2, -0.15) is 0 Å². The third-order valence-electron chi connectivity index (χ3n) is 3.42. The number of hydrogen-bond acceptors (Lipinski definition) is 4. The highest BCUT2D eigenvalue weighted by atomic mass is 32.1. The Morgan fingerprint density at radius 1 is 1.12 bits per heavy atom. The summed E-state index contributed by atoms with van der Waals surface area (Å²) in [7, 11) is 0. The fraction of sp³-hybridized carbons (Fsp3) is 0.158. The first-order valence-corrected chi connectivity index (χ1v) is 8.52. The molecule has 0 saturated carbocycles. The van der Waals surface area contributed by atoms with Gasteiger partial charge in [0.1, 0.15) is 5.75 Å². The lowest BCUT2D eigenvalue weighted by atomic mass is 10.2. The van der Waals surface area contributed by atoms with Crippen molar-refractivity contribution in [3.05, 3.63) is 70.2 Å². The van der Waals surface area contributed by atoms with Gasteiger partial charge in [0.25, 0.3) is 0 Å². The van der Waals surface area contributed by atoms with Gasteiger partial charge in [-0.05, 0) is 38.1 Å². The van der Waals surface area contributed by atoms with Crippen LogP contribution in [0.1, 0.15) is 16.3 Å². The number of rotatable bonds is 5. The molecule has 0 aliphatic heterocycles. The molecule has 0 aliphatic rings. The Morgan fingerprint density at radius 2 is 1.88 bits per heavy atom. The lowest BCUT2D eigenvalue weighted by molar-refractivity contribution is -0.115. The number of aromatic nitrogens is 1. The number of para-hydroxylation sites is 2. The van der Waals surface area contributed by atoms with Crippen molar-refractivity contribution in [3.8, 4) is 11.5 Å². The third-order valence-corrected chi connectivity index (χ3v) is 4.24. The number of carbonyl (C=O) groups is 1. The minimum Gasteiger partial charge on any atom is -0.455 e. The van der Waals surface area contributed by atoms with Crippen LogP contribution in [0.3, 0.4) is 0 Å². The largest absolute Gasteiger partial charge is 0.455 e. The standard InChI is InChI=1S/C19H18N2O2S/c1-13-7-9-16(10-8-13)23-18-6-4-3-5-17(18)21-19(22)11-15-12-24-14(2)20-15/h3-10,12H,11H2,1-2H3,(H,21,22). The second kappa shape index (κ2) is 7.27. The van der Waals surface area contributed by atoms with Crippen molar-refractivity contribution >= 4 is 22.9 Å². The van der Waals surface area contributed by atoms with Gasteiger partial charge in [-0.25, -0.2) is 4.98 Å². The maximum Gasteiger partial charge on any atom is 0.230 e. The van der Waals surface area contributed by atoms with E-state index in [2.05, 4.69) is 10.3 Å². The van der Waals surface area contributed by atoms with Gasteiger partial charge in [-0.15, -0.1) is 11.3 Å². The first-order valence-electron chi connectivity index (χ1n) is 7.64. The highest BCUT2D eigenvalue weighted by molar-refractivity contribution is 7.09. The quantitative estimate of drug-likeness (QED) is 0.731. The van der Waals surface area contributed by atoms with Crippen LogP contribution in [0.2, 0.25) is 0 Å². The molecule has 4 nitrogen and oxygen atoms in total. The molecule has 0 atom stereocenters. The highest BCUT2D eigenvalue weighted by Crippen LogP contribution is 2.29. The van der Waals surface area contributed by atoms with Gasteiger partial charge in [0, 0.05) is 5.38 Å². The molecule has 2 aromatic carbocycles. The zero-order valence-electron chi connectivity index (χ0n) is 13.6. The van der Waals surface area contributed by atoms with Crippen LogP contribution in [0, 0.1) is 13.8 Å². The van der Waals surface area contributed by atoms with Crippen LogP contribution >= 0.6 is 11.3 Å². The highest BCUT2D eigenvalue weighted by Gasteiger charge is 2.10. The monoisotopic (exact) mass is 338 g/mol. The van der Waals surface area contributed by atoms with Crippen LogP contribution in [-0.2, 0) is 11.2 Å². The molecule has 1 heterocycles. The van der Waals surface area contributed by atoms with Crippen LogP contribution in [0.4, 0.5) is 5.69 Å². The summed E-state index contributed by atoms with van der Waals surface area (Å²) >= 11 is 1.54. The number of benzene rings is 2. The fourth-order valence-electron chi connectivity index (χ4n) is 2.24. The number of carbonyl (C=O) groups excluding carboxylic acids is 1. The Bertz CT molecular complexity index is 841. The number of amides is 1. The number of nitrogens with zero attached hydrogens (tertiary/aromatic N) is 1. The number of thiazole rings is 1. The van der Waals surface area contributed by atoms with Crippen LogP contribution in [0.25, 0.3) is 0 Å². The molecular weight excluding hydrogens is 320 g/mol. The molecule has 0 bridgehead atoms. The normalized spacial score (nSPS) is 10.4. The summed E-state index contributed by atoms with van der Waals surface area (Å²) in [5, 5.41) is 5.77. The Morgan fingerprint density at radius 3 is 2.58 bits per heavy atom. The molecule has 0 fully saturated rings. The van der Waals surface area contributed by atoms with Crippen LogP contribution in [0.5, 0.6) is 11.5 Å². The molecule has 0 spiro atoms. The second-order valence-electron chi connectivity index (χ2n) is 5.49. The van der Waals surface area contributed by atoms with Crippen molar-refractivity contribution < 1.29 is 9.53 Å². The first-order chi connectivity index (χ1) is 11.6. The number of anilines is 1. The van der Waals surface area contributed by atoms with Crippen molar-refractivity contribution in [2.45, 2.75) is 20.3 Å². The Kier molecular flexibility index (Phi) is 4.91. The molecule has 122 valence electrons. The topological polar surface area (TPSA) is 51.2 Å². The number of hydrogen-bond donors (Lipinski definition) is 1. The van der Waals surface area contributed by atoms with Gasteiger partial charge in [-0.1, -0.05) is 29.8 Å².